The zero-order chi connectivity index (χ0) is 14.1. The van der Waals surface area contributed by atoms with Crippen LogP contribution in [0, 0.1) is 6.92 Å². The lowest BCUT2D eigenvalue weighted by Gasteiger charge is -2.17. The summed E-state index contributed by atoms with van der Waals surface area (Å²) < 4.78 is 15.1. The molecular weight excluding hydrogens is 257 g/mol. The third kappa shape index (κ3) is 2.59. The first-order valence-corrected chi connectivity index (χ1v) is 6.77. The van der Waals surface area contributed by atoms with Gasteiger partial charge in [-0.05, 0) is 36.2 Å². The lowest BCUT2D eigenvalue weighted by molar-refractivity contribution is 0.115. The molecule has 0 aliphatic carbocycles. The van der Waals surface area contributed by atoms with Gasteiger partial charge in [0.2, 0.25) is 0 Å². The molecule has 20 heavy (non-hydrogen) atoms. The normalized spacial score (nSPS) is 23.4. The summed E-state index contributed by atoms with van der Waals surface area (Å²) in [5.41, 5.74) is 3.32. The van der Waals surface area contributed by atoms with Gasteiger partial charge < -0.3 is 5.11 Å². The molecule has 4 nitrogen and oxygen atoms in total. The average molecular weight is 275 g/mol. The van der Waals surface area contributed by atoms with Crippen LogP contribution in [-0.4, -0.2) is 45.2 Å². The van der Waals surface area contributed by atoms with Crippen molar-refractivity contribution >= 4 is 0 Å². The predicted molar refractivity (Wildman–Crippen MR) is 74.5 cm³/mol. The molecule has 2 aromatic rings. The lowest BCUT2D eigenvalue weighted by atomic mass is 10.1. The van der Waals surface area contributed by atoms with Crippen LogP contribution in [0.5, 0.6) is 0 Å². The number of likely N-dealkylation sites (tertiary alicyclic amines) is 1. The van der Waals surface area contributed by atoms with Crippen LogP contribution in [0.1, 0.15) is 11.1 Å². The van der Waals surface area contributed by atoms with Crippen molar-refractivity contribution in [2.24, 2.45) is 0 Å². The molecule has 5 heteroatoms. The summed E-state index contributed by atoms with van der Waals surface area (Å²) in [7, 11) is 0. The smallest absolute Gasteiger partial charge is 0.140 e. The number of aliphatic hydroxyl groups excluding tert-OH is 1. The number of aromatic nitrogens is 2. The molecular formula is C15H18FN3O. The average Bonchev–Trinajstić information content (AvgIpc) is 3.03. The van der Waals surface area contributed by atoms with E-state index in [1.807, 2.05) is 40.9 Å². The summed E-state index contributed by atoms with van der Waals surface area (Å²) in [6.07, 6.45) is 1.67. The van der Waals surface area contributed by atoms with Gasteiger partial charge >= 0.3 is 0 Å². The summed E-state index contributed by atoms with van der Waals surface area (Å²) in [6, 6.07) is 8.01. The molecule has 0 saturated carbocycles. The molecule has 0 unspecified atom stereocenters. The highest BCUT2D eigenvalue weighted by Gasteiger charge is 2.31. The molecule has 106 valence electrons. The molecule has 2 heterocycles. The van der Waals surface area contributed by atoms with Gasteiger partial charge in [-0.1, -0.05) is 6.07 Å². The number of β-amino-alcohol motifs (C(OH)–C–C–N with tert-alkyl or cyclic N) is 1. The van der Waals surface area contributed by atoms with E-state index < -0.39 is 12.3 Å². The highest BCUT2D eigenvalue weighted by Crippen LogP contribution is 2.20. The molecule has 0 radical (unpaired) electrons. The van der Waals surface area contributed by atoms with Gasteiger partial charge in [0.25, 0.3) is 0 Å². The second kappa shape index (κ2) is 5.34. The molecule has 0 amide bonds. The molecule has 1 N–H and O–H groups in total. The number of nitrogens with zero attached hydrogens (tertiary/aromatic N) is 3. The number of hydrogen-bond acceptors (Lipinski definition) is 3. The first-order valence-electron chi connectivity index (χ1n) is 6.77. The first kappa shape index (κ1) is 13.3. The fourth-order valence-electron chi connectivity index (χ4n) is 2.61. The van der Waals surface area contributed by atoms with E-state index >= 15 is 0 Å². The van der Waals surface area contributed by atoms with Crippen LogP contribution in [-0.2, 0) is 6.54 Å². The summed E-state index contributed by atoms with van der Waals surface area (Å²) >= 11 is 0. The zero-order valence-electron chi connectivity index (χ0n) is 11.4. The van der Waals surface area contributed by atoms with Crippen molar-refractivity contribution in [2.75, 3.05) is 13.1 Å². The van der Waals surface area contributed by atoms with Crippen molar-refractivity contribution in [3.05, 3.63) is 47.8 Å². The van der Waals surface area contributed by atoms with Crippen LogP contribution in [0.2, 0.25) is 0 Å². The summed E-state index contributed by atoms with van der Waals surface area (Å²) in [5, 5.41) is 13.7. The third-order valence-corrected chi connectivity index (χ3v) is 3.78. The third-order valence-electron chi connectivity index (χ3n) is 3.78. The Balaban J connectivity index is 1.75. The Morgan fingerprint density at radius 1 is 1.40 bits per heavy atom. The maximum atomic E-state index is 13.3. The van der Waals surface area contributed by atoms with E-state index in [-0.39, 0.29) is 0 Å². The Labute approximate surface area is 117 Å². The predicted octanol–water partition coefficient (Wildman–Crippen LogP) is 1.70. The number of alkyl halides is 1. The van der Waals surface area contributed by atoms with E-state index in [1.165, 1.54) is 0 Å². The number of rotatable bonds is 3. The van der Waals surface area contributed by atoms with E-state index in [2.05, 4.69) is 11.2 Å². The highest BCUT2D eigenvalue weighted by molar-refractivity contribution is 5.39. The van der Waals surface area contributed by atoms with E-state index in [1.54, 1.807) is 6.20 Å². The molecule has 0 bridgehead atoms. The minimum Gasteiger partial charge on any atom is -0.389 e. The van der Waals surface area contributed by atoms with Gasteiger partial charge in [0.15, 0.2) is 0 Å². The molecule has 3 rings (SSSR count). The fraction of sp³-hybridized carbons (Fsp3) is 0.400. The monoisotopic (exact) mass is 275 g/mol. The molecule has 0 spiro atoms. The van der Waals surface area contributed by atoms with E-state index in [0.717, 1.165) is 16.8 Å². The molecule has 1 aromatic carbocycles. The Morgan fingerprint density at radius 2 is 2.25 bits per heavy atom. The van der Waals surface area contributed by atoms with Gasteiger partial charge in [-0.2, -0.15) is 5.10 Å². The molecule has 1 aliphatic heterocycles. The zero-order valence-corrected chi connectivity index (χ0v) is 11.4. The van der Waals surface area contributed by atoms with Gasteiger partial charge in [0, 0.05) is 32.0 Å². The van der Waals surface area contributed by atoms with Gasteiger partial charge in [-0.15, -0.1) is 0 Å². The summed E-state index contributed by atoms with van der Waals surface area (Å²) in [5.74, 6) is 0. The second-order valence-electron chi connectivity index (χ2n) is 5.34. The number of hydrogen-bond donors (Lipinski definition) is 1. The van der Waals surface area contributed by atoms with Crippen LogP contribution in [0.25, 0.3) is 5.69 Å². The Hall–Kier alpha value is -1.72. The molecule has 2 atom stereocenters. The molecule has 1 aromatic heterocycles. The van der Waals surface area contributed by atoms with Crippen molar-refractivity contribution in [2.45, 2.75) is 25.7 Å². The van der Waals surface area contributed by atoms with Gasteiger partial charge in [-0.3, -0.25) is 4.90 Å². The van der Waals surface area contributed by atoms with Crippen molar-refractivity contribution in [3.63, 3.8) is 0 Å². The summed E-state index contributed by atoms with van der Waals surface area (Å²) in [6.45, 7) is 3.42. The maximum Gasteiger partial charge on any atom is 0.140 e. The Bertz CT molecular complexity index is 575. The Morgan fingerprint density at radius 3 is 2.85 bits per heavy atom. The quantitative estimate of drug-likeness (QED) is 0.927. The van der Waals surface area contributed by atoms with Crippen molar-refractivity contribution in [1.82, 2.24) is 14.7 Å². The number of halogens is 1. The van der Waals surface area contributed by atoms with Crippen LogP contribution >= 0.6 is 0 Å². The fourth-order valence-corrected chi connectivity index (χ4v) is 2.61. The van der Waals surface area contributed by atoms with Gasteiger partial charge in [0.05, 0.1) is 11.8 Å². The van der Waals surface area contributed by atoms with E-state index in [0.29, 0.717) is 19.6 Å². The number of aliphatic hydroxyl groups is 1. The first-order chi connectivity index (χ1) is 9.63. The maximum absolute atomic E-state index is 13.3. The topological polar surface area (TPSA) is 41.3 Å². The molecule has 1 saturated heterocycles. The minimum absolute atomic E-state index is 0.307. The second-order valence-corrected chi connectivity index (χ2v) is 5.34. The van der Waals surface area contributed by atoms with Crippen molar-refractivity contribution in [1.29, 1.82) is 0 Å². The Kier molecular flexibility index (Phi) is 3.54. The van der Waals surface area contributed by atoms with E-state index in [9.17, 15) is 9.50 Å². The van der Waals surface area contributed by atoms with Crippen molar-refractivity contribution < 1.29 is 9.50 Å². The van der Waals surface area contributed by atoms with Crippen molar-refractivity contribution in [3.8, 4) is 5.69 Å². The SMILES string of the molecule is Cc1cc(-n2cccn2)ccc1CN1C[C@@H](O)[C@H](F)C1. The highest BCUT2D eigenvalue weighted by atomic mass is 19.1. The molecule has 1 aliphatic rings. The minimum atomic E-state index is -1.13. The summed E-state index contributed by atoms with van der Waals surface area (Å²) in [4.78, 5) is 1.95. The van der Waals surface area contributed by atoms with Gasteiger partial charge in [-0.25, -0.2) is 9.07 Å². The lowest BCUT2D eigenvalue weighted by Crippen LogP contribution is -2.22. The van der Waals surface area contributed by atoms with Crippen LogP contribution in [0.3, 0.4) is 0 Å². The van der Waals surface area contributed by atoms with Crippen LogP contribution < -0.4 is 0 Å². The largest absolute Gasteiger partial charge is 0.389 e. The number of benzene rings is 1. The van der Waals surface area contributed by atoms with Crippen LogP contribution in [0.15, 0.2) is 36.7 Å². The standard InChI is InChI=1S/C15H18FN3O/c1-11-7-13(19-6-2-5-17-19)4-3-12(11)8-18-9-14(16)15(20)10-18/h2-7,14-15,20H,8-10H2,1H3/t14-,15-/m1/s1. The number of aryl methyl sites for hydroxylation is 1. The van der Waals surface area contributed by atoms with E-state index in [4.69, 9.17) is 0 Å². The van der Waals surface area contributed by atoms with Gasteiger partial charge in [0.1, 0.15) is 6.17 Å². The van der Waals surface area contributed by atoms with Crippen LogP contribution in [0.4, 0.5) is 4.39 Å². The molecule has 1 fully saturated rings.